The van der Waals surface area contributed by atoms with E-state index >= 15 is 0 Å². The molecule has 11 heteroatoms. The van der Waals surface area contributed by atoms with Gasteiger partial charge in [-0.3, -0.25) is 4.99 Å². The number of aliphatic imine (C=N–C) groups is 1. The van der Waals surface area contributed by atoms with Gasteiger partial charge >= 0.3 is 12.4 Å². The van der Waals surface area contributed by atoms with Gasteiger partial charge in [0, 0.05) is 31.4 Å². The van der Waals surface area contributed by atoms with Crippen LogP contribution in [0.4, 0.5) is 26.3 Å². The number of rotatable bonds is 6. The van der Waals surface area contributed by atoms with Gasteiger partial charge < -0.3 is 15.7 Å². The van der Waals surface area contributed by atoms with E-state index in [0.717, 1.165) is 18.4 Å². The second kappa shape index (κ2) is 8.15. The first-order chi connectivity index (χ1) is 13.6. The second-order valence-electron chi connectivity index (χ2n) is 6.52. The molecule has 1 aliphatic rings. The smallest absolute Gasteiger partial charge is 0.387 e. The van der Waals surface area contributed by atoms with E-state index in [1.54, 1.807) is 0 Å². The molecule has 2 heterocycles. The van der Waals surface area contributed by atoms with Crippen molar-refractivity contribution in [3.63, 3.8) is 0 Å². The van der Waals surface area contributed by atoms with Crippen LogP contribution < -0.4 is 10.6 Å². The molecule has 0 amide bonds. The molecule has 3 N–H and O–H groups in total. The van der Waals surface area contributed by atoms with E-state index in [2.05, 4.69) is 20.6 Å². The van der Waals surface area contributed by atoms with Crippen LogP contribution in [0.2, 0.25) is 0 Å². The lowest BCUT2D eigenvalue weighted by molar-refractivity contribution is -0.142. The minimum absolute atomic E-state index is 0.139. The molecule has 158 valence electrons. The Labute approximate surface area is 161 Å². The SMILES string of the molecule is OC(CNCCC1=NCCN1)c1cc(C(F)(F)F)nc2c(C(F)(F)F)cccc12. The second-order valence-corrected chi connectivity index (χ2v) is 6.52. The molecule has 0 spiro atoms. The van der Waals surface area contributed by atoms with Crippen LogP contribution in [-0.4, -0.2) is 42.1 Å². The van der Waals surface area contributed by atoms with Gasteiger partial charge in [-0.05, 0) is 17.7 Å². The molecule has 1 aliphatic heterocycles. The third-order valence-electron chi connectivity index (χ3n) is 4.45. The molecule has 1 aromatic carbocycles. The van der Waals surface area contributed by atoms with E-state index in [4.69, 9.17) is 0 Å². The van der Waals surface area contributed by atoms with Gasteiger partial charge in [0.25, 0.3) is 0 Å². The monoisotopic (exact) mass is 420 g/mol. The number of para-hydroxylation sites is 1. The first-order valence-electron chi connectivity index (χ1n) is 8.81. The largest absolute Gasteiger partial charge is 0.433 e. The van der Waals surface area contributed by atoms with Gasteiger partial charge in [-0.25, -0.2) is 4.98 Å². The fraction of sp³-hybridized carbons (Fsp3) is 0.444. The number of aromatic nitrogens is 1. The summed E-state index contributed by atoms with van der Waals surface area (Å²) < 4.78 is 79.4. The van der Waals surface area contributed by atoms with Crippen LogP contribution in [0.25, 0.3) is 10.9 Å². The Kier molecular flexibility index (Phi) is 5.99. The number of aliphatic hydroxyl groups excluding tert-OH is 1. The summed E-state index contributed by atoms with van der Waals surface area (Å²) in [6.07, 6.45) is -10.8. The number of aliphatic hydroxyl groups is 1. The average molecular weight is 420 g/mol. The summed E-state index contributed by atoms with van der Waals surface area (Å²) in [7, 11) is 0. The Bertz CT molecular complexity index is 910. The normalized spacial score (nSPS) is 16.0. The standard InChI is InChI=1S/C18H18F6N4O/c19-17(20,21)12-3-1-2-10-11(8-14(18(22,23)24)28-16(10)12)13(29)9-25-5-4-15-26-6-7-27-15/h1-3,8,13,25,29H,4-7,9H2,(H,26,27). The van der Waals surface area contributed by atoms with Crippen LogP contribution in [0.3, 0.4) is 0 Å². The molecule has 2 aromatic rings. The number of hydrogen-bond acceptors (Lipinski definition) is 5. The van der Waals surface area contributed by atoms with E-state index in [-0.39, 0.29) is 17.5 Å². The minimum Gasteiger partial charge on any atom is -0.387 e. The Hall–Kier alpha value is -2.40. The number of hydrogen-bond donors (Lipinski definition) is 3. The Morgan fingerprint density at radius 1 is 1.14 bits per heavy atom. The maximum atomic E-state index is 13.3. The van der Waals surface area contributed by atoms with Gasteiger partial charge in [0.05, 0.1) is 29.6 Å². The Morgan fingerprint density at radius 3 is 2.52 bits per heavy atom. The number of nitrogens with one attached hydrogen (secondary N) is 2. The molecule has 0 fully saturated rings. The molecule has 0 bridgehead atoms. The number of alkyl halides is 6. The summed E-state index contributed by atoms with van der Waals surface area (Å²) in [4.78, 5) is 7.39. The van der Waals surface area contributed by atoms with Gasteiger partial charge in [-0.15, -0.1) is 0 Å². The average Bonchev–Trinajstić information content (AvgIpc) is 3.15. The van der Waals surface area contributed by atoms with Gasteiger partial charge in [0.1, 0.15) is 5.69 Å². The highest BCUT2D eigenvalue weighted by Gasteiger charge is 2.37. The zero-order valence-corrected chi connectivity index (χ0v) is 15.0. The van der Waals surface area contributed by atoms with Crippen molar-refractivity contribution in [2.45, 2.75) is 24.9 Å². The summed E-state index contributed by atoms with van der Waals surface area (Å²) in [5.74, 6) is 0.788. The summed E-state index contributed by atoms with van der Waals surface area (Å²) >= 11 is 0. The van der Waals surface area contributed by atoms with E-state index in [1.165, 1.54) is 6.07 Å². The topological polar surface area (TPSA) is 69.5 Å². The Balaban J connectivity index is 1.90. The minimum atomic E-state index is -4.96. The van der Waals surface area contributed by atoms with Gasteiger partial charge in [0.15, 0.2) is 0 Å². The fourth-order valence-electron chi connectivity index (χ4n) is 3.09. The van der Waals surface area contributed by atoms with Crippen LogP contribution in [0.5, 0.6) is 0 Å². The quantitative estimate of drug-likeness (QED) is 0.496. The molecule has 29 heavy (non-hydrogen) atoms. The number of halogens is 6. The number of fused-ring (bicyclic) bond motifs is 1. The summed E-state index contributed by atoms with van der Waals surface area (Å²) in [5.41, 5.74) is -3.88. The van der Waals surface area contributed by atoms with Crippen LogP contribution in [0.1, 0.15) is 29.3 Å². The molecular formula is C18H18F6N4O. The zero-order chi connectivity index (χ0) is 21.2. The third kappa shape index (κ3) is 4.96. The molecule has 1 atom stereocenters. The predicted octanol–water partition coefficient (Wildman–Crippen LogP) is 3.29. The van der Waals surface area contributed by atoms with E-state index in [0.29, 0.717) is 31.6 Å². The van der Waals surface area contributed by atoms with Gasteiger partial charge in [0.2, 0.25) is 0 Å². The number of pyridine rings is 1. The van der Waals surface area contributed by atoms with Crippen molar-refractivity contribution in [2.24, 2.45) is 4.99 Å². The number of benzene rings is 1. The van der Waals surface area contributed by atoms with Crippen LogP contribution in [0.15, 0.2) is 29.3 Å². The van der Waals surface area contributed by atoms with E-state index < -0.39 is 35.2 Å². The molecule has 0 radical (unpaired) electrons. The maximum absolute atomic E-state index is 13.3. The molecule has 0 aliphatic carbocycles. The lowest BCUT2D eigenvalue weighted by atomic mass is 9.99. The van der Waals surface area contributed by atoms with Crippen molar-refractivity contribution in [2.75, 3.05) is 26.2 Å². The first kappa shape index (κ1) is 21.3. The van der Waals surface area contributed by atoms with E-state index in [9.17, 15) is 31.4 Å². The number of amidine groups is 1. The fourth-order valence-corrected chi connectivity index (χ4v) is 3.09. The Morgan fingerprint density at radius 2 is 1.90 bits per heavy atom. The van der Waals surface area contributed by atoms with Crippen LogP contribution in [-0.2, 0) is 12.4 Å². The maximum Gasteiger partial charge on any atom is 0.433 e. The van der Waals surface area contributed by atoms with Crippen molar-refractivity contribution >= 4 is 16.7 Å². The molecule has 0 saturated heterocycles. The zero-order valence-electron chi connectivity index (χ0n) is 15.0. The lowest BCUT2D eigenvalue weighted by Gasteiger charge is -2.19. The molecule has 3 rings (SSSR count). The van der Waals surface area contributed by atoms with Crippen molar-refractivity contribution < 1.29 is 31.4 Å². The molecule has 1 unspecified atom stereocenters. The highest BCUT2D eigenvalue weighted by Crippen LogP contribution is 2.38. The third-order valence-corrected chi connectivity index (χ3v) is 4.45. The predicted molar refractivity (Wildman–Crippen MR) is 94.5 cm³/mol. The number of nitrogens with zero attached hydrogens (tertiary/aromatic N) is 2. The van der Waals surface area contributed by atoms with E-state index in [1.807, 2.05) is 0 Å². The molecular weight excluding hydrogens is 402 g/mol. The lowest BCUT2D eigenvalue weighted by Crippen LogP contribution is -2.28. The molecule has 0 saturated carbocycles. The van der Waals surface area contributed by atoms with Crippen molar-refractivity contribution in [3.05, 3.63) is 41.1 Å². The molecule has 1 aromatic heterocycles. The van der Waals surface area contributed by atoms with Crippen molar-refractivity contribution in [1.29, 1.82) is 0 Å². The first-order valence-corrected chi connectivity index (χ1v) is 8.81. The summed E-state index contributed by atoms with van der Waals surface area (Å²) in [6.45, 7) is 1.66. The van der Waals surface area contributed by atoms with Crippen LogP contribution >= 0.6 is 0 Å². The highest BCUT2D eigenvalue weighted by molar-refractivity contribution is 5.86. The summed E-state index contributed by atoms with van der Waals surface area (Å²) in [5, 5.41) is 16.2. The van der Waals surface area contributed by atoms with Gasteiger partial charge in [-0.2, -0.15) is 26.3 Å². The highest BCUT2D eigenvalue weighted by atomic mass is 19.4. The van der Waals surface area contributed by atoms with Crippen molar-refractivity contribution in [3.8, 4) is 0 Å². The molecule has 5 nitrogen and oxygen atoms in total. The van der Waals surface area contributed by atoms with Gasteiger partial charge in [-0.1, -0.05) is 12.1 Å². The summed E-state index contributed by atoms with van der Waals surface area (Å²) in [6, 6.07) is 3.55. The van der Waals surface area contributed by atoms with Crippen molar-refractivity contribution in [1.82, 2.24) is 15.6 Å². The van der Waals surface area contributed by atoms with Crippen LogP contribution in [0, 0.1) is 0 Å².